The van der Waals surface area contributed by atoms with Crippen molar-refractivity contribution in [3.05, 3.63) is 64.7 Å². The molecule has 0 aliphatic carbocycles. The summed E-state index contributed by atoms with van der Waals surface area (Å²) in [5.41, 5.74) is 0.502. The first kappa shape index (κ1) is 36.0. The number of alkyl halides is 3. The summed E-state index contributed by atoms with van der Waals surface area (Å²) in [6, 6.07) is 5.57. The number of anilines is 3. The number of aryl methyl sites for hydroxylation is 1. The standard InChI is InChI=1S/C32H36F5N7O4/c1-6-42(7-2)15-9-14-38-30-40-25(22-17-39-31(47)43(27(22)41-30)26-23(33)10-8-11-24(26)34)21-16-20(13-12-19(21)5)28(45)44(18(3)4)48-29(46)32(35,36)37/h8,10-13,16,18H,6-7,9,14-15,17H2,1-5H3,(H,39,47)(H,38,40,41). The third kappa shape index (κ3) is 7.81. The lowest BCUT2D eigenvalue weighted by Crippen LogP contribution is -2.43. The molecule has 1 aliphatic rings. The van der Waals surface area contributed by atoms with E-state index < -0.39 is 47.4 Å². The minimum Gasteiger partial charge on any atom is -0.354 e. The van der Waals surface area contributed by atoms with Gasteiger partial charge in [0.15, 0.2) is 5.82 Å². The highest BCUT2D eigenvalue weighted by molar-refractivity contribution is 6.02. The molecule has 2 aromatic carbocycles. The molecule has 4 rings (SSSR count). The molecule has 3 amide bonds. The van der Waals surface area contributed by atoms with Gasteiger partial charge in [-0.3, -0.25) is 4.79 Å². The molecule has 0 atom stereocenters. The molecule has 0 saturated carbocycles. The van der Waals surface area contributed by atoms with Crippen molar-refractivity contribution in [1.82, 2.24) is 25.2 Å². The van der Waals surface area contributed by atoms with Crippen molar-refractivity contribution in [3.63, 3.8) is 0 Å². The molecular formula is C32H36F5N7O4. The molecule has 3 aromatic rings. The molecule has 48 heavy (non-hydrogen) atoms. The second kappa shape index (κ2) is 14.9. The minimum absolute atomic E-state index is 0.0267. The van der Waals surface area contributed by atoms with Crippen LogP contribution in [-0.2, 0) is 16.2 Å². The van der Waals surface area contributed by atoms with Gasteiger partial charge in [0.2, 0.25) is 5.95 Å². The second-order valence-corrected chi connectivity index (χ2v) is 11.2. The van der Waals surface area contributed by atoms with Crippen LogP contribution >= 0.6 is 0 Å². The van der Waals surface area contributed by atoms with Crippen molar-refractivity contribution in [2.45, 2.75) is 59.8 Å². The first-order chi connectivity index (χ1) is 22.7. The molecule has 2 N–H and O–H groups in total. The fraction of sp³-hybridized carbons (Fsp3) is 0.406. The van der Waals surface area contributed by atoms with Crippen molar-refractivity contribution in [2.24, 2.45) is 0 Å². The van der Waals surface area contributed by atoms with E-state index in [0.717, 1.165) is 42.7 Å². The Hall–Kier alpha value is -4.86. The molecule has 1 aliphatic heterocycles. The lowest BCUT2D eigenvalue weighted by molar-refractivity contribution is -0.232. The Labute approximate surface area is 274 Å². The van der Waals surface area contributed by atoms with Gasteiger partial charge in [-0.15, -0.1) is 0 Å². The summed E-state index contributed by atoms with van der Waals surface area (Å²) in [5, 5.41) is 6.02. The molecule has 0 unspecified atom stereocenters. The predicted molar refractivity (Wildman–Crippen MR) is 167 cm³/mol. The number of urea groups is 1. The van der Waals surface area contributed by atoms with Crippen molar-refractivity contribution < 1.29 is 41.2 Å². The smallest absolute Gasteiger partial charge is 0.354 e. The lowest BCUT2D eigenvalue weighted by atomic mass is 9.97. The van der Waals surface area contributed by atoms with Crippen molar-refractivity contribution in [3.8, 4) is 11.3 Å². The van der Waals surface area contributed by atoms with E-state index in [1.807, 2.05) is 13.8 Å². The van der Waals surface area contributed by atoms with Gasteiger partial charge in [-0.05, 0) is 76.7 Å². The van der Waals surface area contributed by atoms with Crippen LogP contribution < -0.4 is 15.5 Å². The number of para-hydroxylation sites is 1. The van der Waals surface area contributed by atoms with E-state index in [1.54, 1.807) is 6.92 Å². The topological polar surface area (TPSA) is 120 Å². The number of nitrogens with zero attached hydrogens (tertiary/aromatic N) is 5. The maximum absolute atomic E-state index is 15.1. The Morgan fingerprint density at radius 3 is 2.35 bits per heavy atom. The molecule has 0 fully saturated rings. The molecular weight excluding hydrogens is 641 g/mol. The number of carbonyl (C=O) groups excluding carboxylic acids is 3. The van der Waals surface area contributed by atoms with Crippen LogP contribution in [0.25, 0.3) is 11.3 Å². The van der Waals surface area contributed by atoms with Gasteiger partial charge in [0.1, 0.15) is 17.3 Å². The molecule has 16 heteroatoms. The number of carbonyl (C=O) groups is 3. The van der Waals surface area contributed by atoms with Crippen molar-refractivity contribution in [1.29, 1.82) is 0 Å². The van der Waals surface area contributed by atoms with Crippen LogP contribution in [0.5, 0.6) is 0 Å². The van der Waals surface area contributed by atoms with E-state index in [9.17, 15) is 27.6 Å². The number of benzene rings is 2. The Morgan fingerprint density at radius 2 is 1.75 bits per heavy atom. The van der Waals surface area contributed by atoms with Gasteiger partial charge >= 0.3 is 18.2 Å². The van der Waals surface area contributed by atoms with Crippen LogP contribution in [0.15, 0.2) is 36.4 Å². The third-order valence-electron chi connectivity index (χ3n) is 7.63. The van der Waals surface area contributed by atoms with Gasteiger partial charge in [-0.25, -0.2) is 28.3 Å². The maximum atomic E-state index is 15.1. The summed E-state index contributed by atoms with van der Waals surface area (Å²) in [7, 11) is 0. The Morgan fingerprint density at radius 1 is 1.08 bits per heavy atom. The number of aromatic nitrogens is 2. The fourth-order valence-electron chi connectivity index (χ4n) is 5.07. The highest BCUT2D eigenvalue weighted by Crippen LogP contribution is 2.39. The lowest BCUT2D eigenvalue weighted by Gasteiger charge is -2.31. The molecule has 0 bridgehead atoms. The molecule has 0 radical (unpaired) electrons. The first-order valence-electron chi connectivity index (χ1n) is 15.3. The van der Waals surface area contributed by atoms with Gasteiger partial charge in [-0.1, -0.05) is 26.0 Å². The number of hydroxylamine groups is 2. The largest absolute Gasteiger partial charge is 0.493 e. The zero-order chi connectivity index (χ0) is 35.3. The summed E-state index contributed by atoms with van der Waals surface area (Å²) >= 11 is 0. The molecule has 2 heterocycles. The second-order valence-electron chi connectivity index (χ2n) is 11.2. The number of fused-ring (bicyclic) bond motifs is 1. The SMILES string of the molecule is CCN(CC)CCCNc1nc(-c2cc(C(=O)N(OC(=O)C(F)(F)F)C(C)C)ccc2C)c2c(n1)N(c1c(F)cccc1F)C(=O)NC2. The number of amides is 3. The first-order valence-corrected chi connectivity index (χ1v) is 15.3. The molecule has 11 nitrogen and oxygen atoms in total. The Balaban J connectivity index is 1.84. The van der Waals surface area contributed by atoms with E-state index in [0.29, 0.717) is 29.2 Å². The van der Waals surface area contributed by atoms with E-state index in [1.165, 1.54) is 32.0 Å². The van der Waals surface area contributed by atoms with Crippen molar-refractivity contribution in [2.75, 3.05) is 36.4 Å². The van der Waals surface area contributed by atoms with E-state index in [4.69, 9.17) is 0 Å². The molecule has 0 saturated heterocycles. The average molecular weight is 678 g/mol. The zero-order valence-corrected chi connectivity index (χ0v) is 27.0. The summed E-state index contributed by atoms with van der Waals surface area (Å²) in [6.45, 7) is 11.2. The number of hydrogen-bond acceptors (Lipinski definition) is 8. The average Bonchev–Trinajstić information content (AvgIpc) is 3.03. The number of nitrogens with one attached hydrogen (secondary N) is 2. The predicted octanol–water partition coefficient (Wildman–Crippen LogP) is 6.11. The van der Waals surface area contributed by atoms with Crippen LogP contribution in [0.3, 0.4) is 0 Å². The van der Waals surface area contributed by atoms with Crippen LogP contribution in [0, 0.1) is 18.6 Å². The Kier molecular flexibility index (Phi) is 11.2. The van der Waals surface area contributed by atoms with Crippen LogP contribution in [0.2, 0.25) is 0 Å². The van der Waals surface area contributed by atoms with Gasteiger partial charge in [0.05, 0.1) is 18.3 Å². The highest BCUT2D eigenvalue weighted by atomic mass is 19.4. The normalized spacial score (nSPS) is 13.0. The number of rotatable bonds is 11. The van der Waals surface area contributed by atoms with Crippen LogP contribution in [-0.4, -0.2) is 76.2 Å². The molecule has 0 spiro atoms. The van der Waals surface area contributed by atoms with Crippen molar-refractivity contribution >= 4 is 35.4 Å². The molecule has 1 aromatic heterocycles. The molecule has 258 valence electrons. The Bertz CT molecular complexity index is 1660. The summed E-state index contributed by atoms with van der Waals surface area (Å²) in [4.78, 5) is 54.7. The van der Waals surface area contributed by atoms with Gasteiger partial charge in [0, 0.05) is 23.2 Å². The van der Waals surface area contributed by atoms with Crippen LogP contribution in [0.1, 0.15) is 55.6 Å². The van der Waals surface area contributed by atoms with Crippen LogP contribution in [0.4, 0.5) is 44.2 Å². The van der Waals surface area contributed by atoms with E-state index in [-0.39, 0.29) is 35.1 Å². The monoisotopic (exact) mass is 677 g/mol. The minimum atomic E-state index is -5.34. The third-order valence-corrected chi connectivity index (χ3v) is 7.63. The van der Waals surface area contributed by atoms with E-state index in [2.05, 4.69) is 30.3 Å². The summed E-state index contributed by atoms with van der Waals surface area (Å²) in [6.07, 6.45) is -4.65. The maximum Gasteiger partial charge on any atom is 0.493 e. The number of hydrogen-bond donors (Lipinski definition) is 2. The fourth-order valence-corrected chi connectivity index (χ4v) is 5.07. The number of halogens is 5. The van der Waals surface area contributed by atoms with E-state index >= 15 is 8.78 Å². The van der Waals surface area contributed by atoms with Gasteiger partial charge < -0.3 is 20.4 Å². The highest BCUT2D eigenvalue weighted by Gasteiger charge is 2.44. The van der Waals surface area contributed by atoms with Gasteiger partial charge in [0.25, 0.3) is 5.91 Å². The van der Waals surface area contributed by atoms with Gasteiger partial charge in [-0.2, -0.15) is 23.2 Å². The zero-order valence-electron chi connectivity index (χ0n) is 27.0. The quantitative estimate of drug-likeness (QED) is 0.142. The summed E-state index contributed by atoms with van der Waals surface area (Å²) < 4.78 is 69.0. The summed E-state index contributed by atoms with van der Waals surface area (Å²) in [5.74, 6) is -5.72.